The lowest BCUT2D eigenvalue weighted by Gasteiger charge is -2.13. The molecule has 2 rings (SSSR count). The summed E-state index contributed by atoms with van der Waals surface area (Å²) < 4.78 is 5.94. The van der Waals surface area contributed by atoms with Crippen LogP contribution in [0, 0.1) is 0 Å². The van der Waals surface area contributed by atoms with E-state index in [1.807, 2.05) is 11.8 Å². The zero-order chi connectivity index (χ0) is 15.9. The molecule has 0 aliphatic rings. The van der Waals surface area contributed by atoms with Gasteiger partial charge in [0.1, 0.15) is 11.5 Å². The first-order valence-corrected chi connectivity index (χ1v) is 9.37. The van der Waals surface area contributed by atoms with Crippen LogP contribution in [0.3, 0.4) is 0 Å². The van der Waals surface area contributed by atoms with Gasteiger partial charge in [0.15, 0.2) is 0 Å². The summed E-state index contributed by atoms with van der Waals surface area (Å²) in [4.78, 5) is 0. The predicted molar refractivity (Wildman–Crippen MR) is 98.2 cm³/mol. The van der Waals surface area contributed by atoms with Gasteiger partial charge in [-0.05, 0) is 60.4 Å². The summed E-state index contributed by atoms with van der Waals surface area (Å²) in [5.74, 6) is 2.40. The third kappa shape index (κ3) is 4.30. The van der Waals surface area contributed by atoms with Gasteiger partial charge >= 0.3 is 0 Å². The third-order valence-corrected chi connectivity index (χ3v) is 5.38. The minimum absolute atomic E-state index is 0.573. The second-order valence-corrected chi connectivity index (χ2v) is 6.72. The Balaban J connectivity index is 2.04. The molecule has 0 heterocycles. The molecular formula is C20H26OS. The Hall–Kier alpha value is -1.41. The van der Waals surface area contributed by atoms with E-state index in [4.69, 9.17) is 4.74 Å². The van der Waals surface area contributed by atoms with E-state index in [1.165, 1.54) is 11.1 Å². The van der Waals surface area contributed by atoms with E-state index >= 15 is 0 Å². The first-order chi connectivity index (χ1) is 10.7. The van der Waals surface area contributed by atoms with Gasteiger partial charge in [-0.1, -0.05) is 45.0 Å². The van der Waals surface area contributed by atoms with Gasteiger partial charge in [0.05, 0.1) is 0 Å². The molecule has 118 valence electrons. The van der Waals surface area contributed by atoms with Gasteiger partial charge in [-0.3, -0.25) is 0 Å². The molecule has 0 aromatic heterocycles. The lowest BCUT2D eigenvalue weighted by atomic mass is 9.99. The van der Waals surface area contributed by atoms with E-state index in [9.17, 15) is 0 Å². The largest absolute Gasteiger partial charge is 0.457 e. The third-order valence-electron chi connectivity index (χ3n) is 4.20. The number of hydrogen-bond acceptors (Lipinski definition) is 2. The molecule has 0 N–H and O–H groups in total. The van der Waals surface area contributed by atoms with Crippen molar-refractivity contribution in [1.29, 1.82) is 0 Å². The van der Waals surface area contributed by atoms with Gasteiger partial charge < -0.3 is 4.74 Å². The van der Waals surface area contributed by atoms with Crippen LogP contribution in [0.5, 0.6) is 11.5 Å². The van der Waals surface area contributed by atoms with E-state index in [1.54, 1.807) is 0 Å². The topological polar surface area (TPSA) is 9.23 Å². The Morgan fingerprint density at radius 1 is 0.818 bits per heavy atom. The molecule has 2 aromatic rings. The normalized spacial score (nSPS) is 13.6. The van der Waals surface area contributed by atoms with Gasteiger partial charge in [-0.2, -0.15) is 11.8 Å². The first kappa shape index (κ1) is 17.0. The summed E-state index contributed by atoms with van der Waals surface area (Å²) in [6.07, 6.45) is 4.48. The van der Waals surface area contributed by atoms with E-state index in [2.05, 4.69) is 75.6 Å². The molecule has 0 bridgehead atoms. The second kappa shape index (κ2) is 8.28. The molecule has 0 saturated carbocycles. The highest BCUT2D eigenvalue weighted by molar-refractivity contribution is 7.98. The Kier molecular flexibility index (Phi) is 6.38. The molecule has 0 radical (unpaired) electrons. The lowest BCUT2D eigenvalue weighted by Crippen LogP contribution is -1.93. The lowest BCUT2D eigenvalue weighted by molar-refractivity contribution is 0.482. The van der Waals surface area contributed by atoms with Crippen molar-refractivity contribution < 1.29 is 4.74 Å². The summed E-state index contributed by atoms with van der Waals surface area (Å²) in [7, 11) is 0. The fraction of sp³-hybridized carbons (Fsp3) is 0.400. The number of thioether (sulfide) groups is 1. The van der Waals surface area contributed by atoms with Crippen molar-refractivity contribution in [2.24, 2.45) is 0 Å². The number of ether oxygens (including phenoxy) is 1. The highest BCUT2D eigenvalue weighted by Crippen LogP contribution is 2.32. The van der Waals surface area contributed by atoms with Crippen LogP contribution in [-0.4, -0.2) is 6.26 Å². The molecule has 22 heavy (non-hydrogen) atoms. The van der Waals surface area contributed by atoms with Crippen LogP contribution in [0.2, 0.25) is 0 Å². The zero-order valence-electron chi connectivity index (χ0n) is 14.0. The van der Waals surface area contributed by atoms with E-state index in [-0.39, 0.29) is 0 Å². The minimum Gasteiger partial charge on any atom is -0.457 e. The fourth-order valence-electron chi connectivity index (χ4n) is 2.53. The van der Waals surface area contributed by atoms with Gasteiger partial charge in [0, 0.05) is 5.25 Å². The molecule has 0 aliphatic carbocycles. The van der Waals surface area contributed by atoms with Crippen molar-refractivity contribution in [2.75, 3.05) is 6.26 Å². The number of hydrogen-bond donors (Lipinski definition) is 0. The standard InChI is InChI=1S/C20H26OS/c1-5-15(3)16-7-11-18(12-8-16)21-19-13-9-17(10-14-19)20(6-2)22-4/h7-15,20H,5-6H2,1-4H3. The number of benzene rings is 2. The van der Waals surface area contributed by atoms with Gasteiger partial charge in [0.25, 0.3) is 0 Å². The van der Waals surface area contributed by atoms with Crippen LogP contribution in [-0.2, 0) is 0 Å². The average molecular weight is 314 g/mol. The maximum absolute atomic E-state index is 5.94. The van der Waals surface area contributed by atoms with Crippen molar-refractivity contribution >= 4 is 11.8 Å². The Labute approximate surface area is 139 Å². The maximum atomic E-state index is 5.94. The average Bonchev–Trinajstić information content (AvgIpc) is 2.57. The van der Waals surface area contributed by atoms with E-state index in [0.717, 1.165) is 24.3 Å². The van der Waals surface area contributed by atoms with Crippen molar-refractivity contribution in [3.63, 3.8) is 0 Å². The quantitative estimate of drug-likeness (QED) is 0.555. The minimum atomic E-state index is 0.573. The summed E-state index contributed by atoms with van der Waals surface area (Å²) in [6.45, 7) is 6.70. The molecule has 0 amide bonds. The summed E-state index contributed by atoms with van der Waals surface area (Å²) >= 11 is 1.90. The van der Waals surface area contributed by atoms with Crippen molar-refractivity contribution in [2.45, 2.75) is 44.8 Å². The second-order valence-electron chi connectivity index (χ2n) is 5.68. The molecule has 0 aliphatic heterocycles. The van der Waals surface area contributed by atoms with Crippen LogP contribution in [0.15, 0.2) is 48.5 Å². The highest BCUT2D eigenvalue weighted by atomic mass is 32.2. The smallest absolute Gasteiger partial charge is 0.127 e. The van der Waals surface area contributed by atoms with Crippen LogP contribution >= 0.6 is 11.8 Å². The van der Waals surface area contributed by atoms with Crippen LogP contribution < -0.4 is 4.74 Å². The Bertz CT molecular complexity index is 555. The van der Waals surface area contributed by atoms with Gasteiger partial charge in [-0.15, -0.1) is 0 Å². The molecule has 2 atom stereocenters. The molecule has 2 aromatic carbocycles. The van der Waals surface area contributed by atoms with Gasteiger partial charge in [-0.25, -0.2) is 0 Å². The molecular weight excluding hydrogens is 288 g/mol. The molecule has 2 heteroatoms. The first-order valence-electron chi connectivity index (χ1n) is 8.08. The summed E-state index contributed by atoms with van der Waals surface area (Å²) in [5, 5.41) is 0.573. The highest BCUT2D eigenvalue weighted by Gasteiger charge is 2.08. The fourth-order valence-corrected chi connectivity index (χ4v) is 3.29. The van der Waals surface area contributed by atoms with Crippen LogP contribution in [0.4, 0.5) is 0 Å². The van der Waals surface area contributed by atoms with E-state index < -0.39 is 0 Å². The van der Waals surface area contributed by atoms with Crippen molar-refractivity contribution in [3.05, 3.63) is 59.7 Å². The SMILES string of the molecule is CCC(C)c1ccc(Oc2ccc(C(CC)SC)cc2)cc1. The Morgan fingerprint density at radius 2 is 1.32 bits per heavy atom. The molecule has 0 fully saturated rings. The summed E-state index contributed by atoms with van der Waals surface area (Å²) in [5.41, 5.74) is 2.74. The summed E-state index contributed by atoms with van der Waals surface area (Å²) in [6, 6.07) is 16.9. The molecule has 0 saturated heterocycles. The van der Waals surface area contributed by atoms with Crippen LogP contribution in [0.25, 0.3) is 0 Å². The zero-order valence-corrected chi connectivity index (χ0v) is 14.8. The van der Waals surface area contributed by atoms with Crippen molar-refractivity contribution in [1.82, 2.24) is 0 Å². The van der Waals surface area contributed by atoms with Crippen molar-refractivity contribution in [3.8, 4) is 11.5 Å². The predicted octanol–water partition coefficient (Wildman–Crippen LogP) is 6.81. The van der Waals surface area contributed by atoms with E-state index in [0.29, 0.717) is 11.2 Å². The van der Waals surface area contributed by atoms with Gasteiger partial charge in [0.2, 0.25) is 0 Å². The monoisotopic (exact) mass is 314 g/mol. The number of rotatable bonds is 7. The Morgan fingerprint density at radius 3 is 1.73 bits per heavy atom. The molecule has 0 spiro atoms. The molecule has 1 nitrogen and oxygen atoms in total. The molecule has 2 unspecified atom stereocenters. The van der Waals surface area contributed by atoms with Crippen LogP contribution in [0.1, 0.15) is 55.9 Å². The maximum Gasteiger partial charge on any atom is 0.127 e.